The highest BCUT2D eigenvalue weighted by Gasteiger charge is 2.07. The molecule has 0 fully saturated rings. The van der Waals surface area contributed by atoms with Crippen LogP contribution >= 0.6 is 0 Å². The van der Waals surface area contributed by atoms with Crippen molar-refractivity contribution in [3.05, 3.63) is 41.5 Å². The van der Waals surface area contributed by atoms with Crippen LogP contribution in [0.15, 0.2) is 30.3 Å². The van der Waals surface area contributed by atoms with Gasteiger partial charge in [-0.25, -0.2) is 0 Å². The first-order valence-corrected chi connectivity index (χ1v) is 5.59. The molecule has 0 saturated carbocycles. The van der Waals surface area contributed by atoms with E-state index in [0.29, 0.717) is 5.56 Å². The lowest BCUT2D eigenvalue weighted by molar-refractivity contribution is -0.139. The summed E-state index contributed by atoms with van der Waals surface area (Å²) >= 11 is 0. The average Bonchev–Trinajstić information content (AvgIpc) is 2.37. The Bertz CT molecular complexity index is 464. The maximum Gasteiger partial charge on any atom is 0.309 e. The Hall–Kier alpha value is -2.10. The number of rotatable bonds is 4. The van der Waals surface area contributed by atoms with E-state index in [2.05, 4.69) is 4.74 Å². The zero-order valence-electron chi connectivity index (χ0n) is 10.8. The number of nitrogens with zero attached hydrogens (tertiary/aromatic N) is 1. The van der Waals surface area contributed by atoms with Gasteiger partial charge in [0, 0.05) is 19.7 Å². The minimum atomic E-state index is -0.285. The van der Waals surface area contributed by atoms with Crippen LogP contribution in [0.1, 0.15) is 22.3 Å². The first kappa shape index (κ1) is 14.0. The Morgan fingerprint density at radius 2 is 2.06 bits per heavy atom. The van der Waals surface area contributed by atoms with Gasteiger partial charge in [-0.2, -0.15) is 0 Å². The van der Waals surface area contributed by atoms with Crippen LogP contribution in [-0.4, -0.2) is 38.0 Å². The van der Waals surface area contributed by atoms with E-state index < -0.39 is 0 Å². The molecule has 0 aliphatic rings. The zero-order chi connectivity index (χ0) is 13.5. The third-order valence-corrected chi connectivity index (χ3v) is 2.36. The van der Waals surface area contributed by atoms with Crippen molar-refractivity contribution in [3.8, 4) is 0 Å². The molecule has 1 amide bonds. The number of hydrogen-bond donors (Lipinski definition) is 0. The fourth-order valence-corrected chi connectivity index (χ4v) is 1.41. The van der Waals surface area contributed by atoms with Gasteiger partial charge in [-0.1, -0.05) is 24.3 Å². The highest BCUT2D eigenvalue weighted by atomic mass is 16.5. The lowest BCUT2D eigenvalue weighted by Crippen LogP contribution is -2.21. The Morgan fingerprint density at radius 1 is 1.33 bits per heavy atom. The number of esters is 1. The van der Waals surface area contributed by atoms with Crippen LogP contribution in [0.25, 0.3) is 6.08 Å². The molecule has 0 heterocycles. The van der Waals surface area contributed by atoms with Gasteiger partial charge in [0.25, 0.3) is 5.91 Å². The summed E-state index contributed by atoms with van der Waals surface area (Å²) in [5, 5.41) is 0. The van der Waals surface area contributed by atoms with Crippen LogP contribution in [0.5, 0.6) is 0 Å². The number of benzene rings is 1. The van der Waals surface area contributed by atoms with Crippen molar-refractivity contribution >= 4 is 18.0 Å². The third-order valence-electron chi connectivity index (χ3n) is 2.36. The maximum absolute atomic E-state index is 11.8. The summed E-state index contributed by atoms with van der Waals surface area (Å²) in [5.41, 5.74) is 1.51. The largest absolute Gasteiger partial charge is 0.469 e. The second-order valence-corrected chi connectivity index (χ2v) is 4.01. The molecule has 0 unspecified atom stereocenters. The highest BCUT2D eigenvalue weighted by molar-refractivity contribution is 5.94. The van der Waals surface area contributed by atoms with Gasteiger partial charge >= 0.3 is 5.97 Å². The molecule has 1 aromatic rings. The molecule has 0 atom stereocenters. The first-order chi connectivity index (χ1) is 8.54. The molecule has 0 saturated heterocycles. The molecule has 96 valence electrons. The number of carbonyl (C=O) groups excluding carboxylic acids is 2. The summed E-state index contributed by atoms with van der Waals surface area (Å²) in [6.07, 6.45) is 3.73. The molecular formula is C14H17NO3. The van der Waals surface area contributed by atoms with Crippen molar-refractivity contribution in [2.24, 2.45) is 0 Å². The molecular weight excluding hydrogens is 230 g/mol. The molecule has 1 aromatic carbocycles. The lowest BCUT2D eigenvalue weighted by atomic mass is 10.1. The topological polar surface area (TPSA) is 46.6 Å². The first-order valence-electron chi connectivity index (χ1n) is 5.59. The highest BCUT2D eigenvalue weighted by Crippen LogP contribution is 2.09. The summed E-state index contributed by atoms with van der Waals surface area (Å²) in [6.45, 7) is 0. The van der Waals surface area contributed by atoms with Crippen molar-refractivity contribution in [3.63, 3.8) is 0 Å². The summed E-state index contributed by atoms with van der Waals surface area (Å²) in [7, 11) is 4.77. The van der Waals surface area contributed by atoms with E-state index in [1.54, 1.807) is 38.4 Å². The molecule has 0 aliphatic heterocycles. The Kier molecular flexibility index (Phi) is 5.11. The smallest absolute Gasteiger partial charge is 0.309 e. The summed E-state index contributed by atoms with van der Waals surface area (Å²) in [5.74, 6) is -0.329. The number of carbonyl (C=O) groups is 2. The van der Waals surface area contributed by atoms with Crippen LogP contribution in [0.2, 0.25) is 0 Å². The van der Waals surface area contributed by atoms with Crippen LogP contribution in [-0.2, 0) is 9.53 Å². The molecule has 1 rings (SSSR count). The van der Waals surface area contributed by atoms with Crippen LogP contribution < -0.4 is 0 Å². The van der Waals surface area contributed by atoms with Crippen molar-refractivity contribution in [1.29, 1.82) is 0 Å². The predicted molar refractivity (Wildman–Crippen MR) is 70.1 cm³/mol. The third kappa shape index (κ3) is 4.05. The predicted octanol–water partition coefficient (Wildman–Crippen LogP) is 1.96. The van der Waals surface area contributed by atoms with Crippen LogP contribution in [0.4, 0.5) is 0 Å². The summed E-state index contributed by atoms with van der Waals surface area (Å²) < 4.78 is 4.53. The minimum Gasteiger partial charge on any atom is -0.469 e. The van der Waals surface area contributed by atoms with Crippen molar-refractivity contribution < 1.29 is 14.3 Å². The van der Waals surface area contributed by atoms with Gasteiger partial charge < -0.3 is 9.64 Å². The normalized spacial score (nSPS) is 10.4. The molecule has 0 aromatic heterocycles. The van der Waals surface area contributed by atoms with Gasteiger partial charge in [0.1, 0.15) is 0 Å². The number of amides is 1. The van der Waals surface area contributed by atoms with E-state index in [1.807, 2.05) is 12.1 Å². The average molecular weight is 247 g/mol. The molecule has 0 N–H and O–H groups in total. The molecule has 0 aliphatic carbocycles. The molecule has 0 radical (unpaired) electrons. The van der Waals surface area contributed by atoms with Gasteiger partial charge in [-0.05, 0) is 17.7 Å². The van der Waals surface area contributed by atoms with E-state index in [-0.39, 0.29) is 18.3 Å². The van der Waals surface area contributed by atoms with Crippen molar-refractivity contribution in [2.75, 3.05) is 21.2 Å². The maximum atomic E-state index is 11.8. The zero-order valence-corrected chi connectivity index (χ0v) is 10.8. The van der Waals surface area contributed by atoms with E-state index >= 15 is 0 Å². The van der Waals surface area contributed by atoms with Gasteiger partial charge in [-0.3, -0.25) is 9.59 Å². The molecule has 0 bridgehead atoms. The molecule has 18 heavy (non-hydrogen) atoms. The van der Waals surface area contributed by atoms with Gasteiger partial charge in [0.15, 0.2) is 0 Å². The van der Waals surface area contributed by atoms with Crippen molar-refractivity contribution in [1.82, 2.24) is 4.90 Å². The minimum absolute atomic E-state index is 0.0433. The van der Waals surface area contributed by atoms with E-state index in [0.717, 1.165) is 5.56 Å². The standard InChI is InChI=1S/C14H17NO3/c1-15(2)14(17)12-8-4-6-11(10-12)7-5-9-13(16)18-3/h4-8,10H,9H2,1-3H3. The Balaban J connectivity index is 2.77. The Labute approximate surface area is 107 Å². The van der Waals surface area contributed by atoms with E-state index in [1.165, 1.54) is 12.0 Å². The van der Waals surface area contributed by atoms with E-state index in [4.69, 9.17) is 0 Å². The number of hydrogen-bond acceptors (Lipinski definition) is 3. The molecule has 0 spiro atoms. The monoisotopic (exact) mass is 247 g/mol. The Morgan fingerprint density at radius 3 is 2.67 bits per heavy atom. The fraction of sp³-hybridized carbons (Fsp3) is 0.286. The second kappa shape index (κ2) is 6.59. The number of ether oxygens (including phenoxy) is 1. The second-order valence-electron chi connectivity index (χ2n) is 4.01. The summed E-state index contributed by atoms with van der Waals surface area (Å²) in [4.78, 5) is 24.2. The van der Waals surface area contributed by atoms with Gasteiger partial charge in [0.2, 0.25) is 0 Å². The quantitative estimate of drug-likeness (QED) is 0.764. The van der Waals surface area contributed by atoms with Gasteiger partial charge in [-0.15, -0.1) is 0 Å². The summed E-state index contributed by atoms with van der Waals surface area (Å²) in [6, 6.07) is 7.24. The van der Waals surface area contributed by atoms with Crippen LogP contribution in [0.3, 0.4) is 0 Å². The van der Waals surface area contributed by atoms with Crippen LogP contribution in [0, 0.1) is 0 Å². The molecule has 4 heteroatoms. The fourth-order valence-electron chi connectivity index (χ4n) is 1.41. The van der Waals surface area contributed by atoms with Gasteiger partial charge in [0.05, 0.1) is 13.5 Å². The molecule has 4 nitrogen and oxygen atoms in total. The lowest BCUT2D eigenvalue weighted by Gasteiger charge is -2.10. The SMILES string of the molecule is COC(=O)CC=Cc1cccc(C(=O)N(C)C)c1. The van der Waals surface area contributed by atoms with Crippen molar-refractivity contribution in [2.45, 2.75) is 6.42 Å². The van der Waals surface area contributed by atoms with E-state index in [9.17, 15) is 9.59 Å². The number of methoxy groups -OCH3 is 1.